The van der Waals surface area contributed by atoms with E-state index in [1.807, 2.05) is 12.1 Å². The Hall–Kier alpha value is -2.90. The Kier molecular flexibility index (Phi) is 7.61. The molecule has 8 heteroatoms. The molecule has 2 aromatic rings. The summed E-state index contributed by atoms with van der Waals surface area (Å²) in [5, 5.41) is 6.28. The lowest BCUT2D eigenvalue weighted by Gasteiger charge is -2.15. The fraction of sp³-hybridized carbons (Fsp3) is 0.429. The number of nitrogens with one attached hydrogen (secondary N) is 2. The van der Waals surface area contributed by atoms with Crippen molar-refractivity contribution in [2.45, 2.75) is 51.5 Å². The van der Waals surface area contributed by atoms with Crippen LogP contribution in [0, 0.1) is 0 Å². The maximum absolute atomic E-state index is 12.5. The van der Waals surface area contributed by atoms with E-state index in [-0.39, 0.29) is 11.9 Å². The van der Waals surface area contributed by atoms with Crippen LogP contribution in [0.15, 0.2) is 47.6 Å². The average molecular weight is 404 g/mol. The molecule has 0 saturated heterocycles. The molecule has 0 unspecified atom stereocenters. The number of halogens is 2. The number of guanidine groups is 1. The van der Waals surface area contributed by atoms with Crippen molar-refractivity contribution in [2.24, 2.45) is 4.99 Å². The van der Waals surface area contributed by atoms with Crippen molar-refractivity contribution in [3.63, 3.8) is 0 Å². The summed E-state index contributed by atoms with van der Waals surface area (Å²) >= 11 is 0. The Morgan fingerprint density at radius 3 is 2.59 bits per heavy atom. The SMILES string of the molecule is CN=C(NCc1ccc(OC2CCCC2)nc1)NCc1ccccc1OC(F)F. The molecule has 3 rings (SSSR count). The number of aliphatic imine (C=N–C) groups is 1. The first-order chi connectivity index (χ1) is 14.1. The first-order valence-corrected chi connectivity index (χ1v) is 9.73. The highest BCUT2D eigenvalue weighted by atomic mass is 19.3. The molecule has 156 valence electrons. The maximum Gasteiger partial charge on any atom is 0.387 e. The molecule has 0 radical (unpaired) electrons. The third-order valence-electron chi connectivity index (χ3n) is 4.71. The minimum absolute atomic E-state index is 0.146. The van der Waals surface area contributed by atoms with Gasteiger partial charge >= 0.3 is 6.61 Å². The summed E-state index contributed by atoms with van der Waals surface area (Å²) in [5.41, 5.74) is 1.60. The largest absolute Gasteiger partial charge is 0.474 e. The van der Waals surface area contributed by atoms with Crippen LogP contribution in [-0.2, 0) is 13.1 Å². The molecule has 1 aliphatic rings. The van der Waals surface area contributed by atoms with Gasteiger partial charge in [0.25, 0.3) is 0 Å². The molecule has 0 bridgehead atoms. The Balaban J connectivity index is 1.48. The number of hydrogen-bond acceptors (Lipinski definition) is 4. The molecule has 1 aliphatic carbocycles. The number of alkyl halides is 2. The van der Waals surface area contributed by atoms with Gasteiger partial charge in [0.2, 0.25) is 5.88 Å². The molecule has 0 atom stereocenters. The summed E-state index contributed by atoms with van der Waals surface area (Å²) in [5.74, 6) is 1.34. The van der Waals surface area contributed by atoms with Gasteiger partial charge in [0, 0.05) is 38.0 Å². The molecular formula is C21H26F2N4O2. The minimum Gasteiger partial charge on any atom is -0.474 e. The van der Waals surface area contributed by atoms with Gasteiger partial charge in [-0.15, -0.1) is 0 Å². The zero-order valence-corrected chi connectivity index (χ0v) is 16.4. The second-order valence-corrected chi connectivity index (χ2v) is 6.79. The molecule has 1 aromatic heterocycles. The van der Waals surface area contributed by atoms with Crippen LogP contribution in [0.25, 0.3) is 0 Å². The molecule has 6 nitrogen and oxygen atoms in total. The zero-order chi connectivity index (χ0) is 20.5. The van der Waals surface area contributed by atoms with E-state index in [0.29, 0.717) is 30.5 Å². The van der Waals surface area contributed by atoms with Crippen molar-refractivity contribution in [1.29, 1.82) is 0 Å². The van der Waals surface area contributed by atoms with E-state index in [1.54, 1.807) is 31.4 Å². The predicted molar refractivity (Wildman–Crippen MR) is 107 cm³/mol. The zero-order valence-electron chi connectivity index (χ0n) is 16.4. The lowest BCUT2D eigenvalue weighted by molar-refractivity contribution is -0.0504. The Morgan fingerprint density at radius 2 is 1.90 bits per heavy atom. The van der Waals surface area contributed by atoms with Crippen molar-refractivity contribution < 1.29 is 18.3 Å². The minimum atomic E-state index is -2.86. The quantitative estimate of drug-likeness (QED) is 0.516. The van der Waals surface area contributed by atoms with Crippen LogP contribution in [0.5, 0.6) is 11.6 Å². The van der Waals surface area contributed by atoms with E-state index in [9.17, 15) is 8.78 Å². The Bertz CT molecular complexity index is 794. The van der Waals surface area contributed by atoms with E-state index in [2.05, 4.69) is 25.3 Å². The van der Waals surface area contributed by atoms with Crippen molar-refractivity contribution in [3.05, 3.63) is 53.7 Å². The van der Waals surface area contributed by atoms with Crippen LogP contribution < -0.4 is 20.1 Å². The lowest BCUT2D eigenvalue weighted by atomic mass is 10.2. The van der Waals surface area contributed by atoms with Crippen LogP contribution in [-0.4, -0.2) is 30.7 Å². The molecule has 1 fully saturated rings. The number of aromatic nitrogens is 1. The Labute approximate surface area is 169 Å². The van der Waals surface area contributed by atoms with E-state index in [0.717, 1.165) is 18.4 Å². The topological polar surface area (TPSA) is 67.8 Å². The Morgan fingerprint density at radius 1 is 1.14 bits per heavy atom. The number of rotatable bonds is 8. The molecule has 0 aliphatic heterocycles. The van der Waals surface area contributed by atoms with E-state index in [1.165, 1.54) is 18.9 Å². The highest BCUT2D eigenvalue weighted by Crippen LogP contribution is 2.23. The summed E-state index contributed by atoms with van der Waals surface area (Å²) < 4.78 is 35.5. The van der Waals surface area contributed by atoms with Gasteiger partial charge < -0.3 is 20.1 Å². The van der Waals surface area contributed by atoms with Crippen LogP contribution in [0.1, 0.15) is 36.8 Å². The summed E-state index contributed by atoms with van der Waals surface area (Å²) in [4.78, 5) is 8.52. The monoisotopic (exact) mass is 404 g/mol. The molecular weight excluding hydrogens is 378 g/mol. The van der Waals surface area contributed by atoms with E-state index >= 15 is 0 Å². The van der Waals surface area contributed by atoms with Gasteiger partial charge in [-0.1, -0.05) is 24.3 Å². The van der Waals surface area contributed by atoms with Crippen molar-refractivity contribution in [1.82, 2.24) is 15.6 Å². The third-order valence-corrected chi connectivity index (χ3v) is 4.71. The summed E-state index contributed by atoms with van der Waals surface area (Å²) in [6.07, 6.45) is 6.69. The average Bonchev–Trinajstić information content (AvgIpc) is 3.23. The van der Waals surface area contributed by atoms with Crippen molar-refractivity contribution in [3.8, 4) is 11.6 Å². The fourth-order valence-electron chi connectivity index (χ4n) is 3.21. The number of ether oxygens (including phenoxy) is 2. The second-order valence-electron chi connectivity index (χ2n) is 6.79. The molecule has 29 heavy (non-hydrogen) atoms. The molecule has 1 aromatic carbocycles. The first kappa shape index (κ1) is 20.8. The predicted octanol–water partition coefficient (Wildman–Crippen LogP) is 3.87. The van der Waals surface area contributed by atoms with Crippen molar-refractivity contribution >= 4 is 5.96 Å². The molecule has 1 heterocycles. The first-order valence-electron chi connectivity index (χ1n) is 9.73. The van der Waals surface area contributed by atoms with Crippen molar-refractivity contribution in [2.75, 3.05) is 7.05 Å². The van der Waals surface area contributed by atoms with Gasteiger partial charge in [0.15, 0.2) is 5.96 Å². The summed E-state index contributed by atoms with van der Waals surface area (Å²) in [6.45, 7) is -2.04. The highest BCUT2D eigenvalue weighted by Gasteiger charge is 2.16. The normalized spacial score (nSPS) is 14.8. The standard InChI is InChI=1S/C21H26F2N4O2/c1-24-21(27-14-16-6-2-5-9-18(16)29-20(22)23)26-13-15-10-11-19(25-12-15)28-17-7-3-4-8-17/h2,5-6,9-12,17,20H,3-4,7-8,13-14H2,1H3,(H2,24,26,27). The van der Waals surface area contributed by atoms with Crippen LogP contribution in [0.3, 0.4) is 0 Å². The van der Waals surface area contributed by atoms with Gasteiger partial charge in [-0.3, -0.25) is 4.99 Å². The lowest BCUT2D eigenvalue weighted by Crippen LogP contribution is -2.36. The third kappa shape index (κ3) is 6.58. The van der Waals surface area contributed by atoms with Crippen LogP contribution >= 0.6 is 0 Å². The van der Waals surface area contributed by atoms with E-state index in [4.69, 9.17) is 4.74 Å². The summed E-state index contributed by atoms with van der Waals surface area (Å²) in [7, 11) is 1.65. The van der Waals surface area contributed by atoms with Gasteiger partial charge in [-0.25, -0.2) is 4.98 Å². The maximum atomic E-state index is 12.5. The van der Waals surface area contributed by atoms with Crippen LogP contribution in [0.2, 0.25) is 0 Å². The number of hydrogen-bond donors (Lipinski definition) is 2. The fourth-order valence-corrected chi connectivity index (χ4v) is 3.21. The van der Waals surface area contributed by atoms with Gasteiger partial charge in [-0.2, -0.15) is 8.78 Å². The molecule has 2 N–H and O–H groups in total. The molecule has 0 amide bonds. The number of nitrogens with zero attached hydrogens (tertiary/aromatic N) is 2. The highest BCUT2D eigenvalue weighted by molar-refractivity contribution is 5.79. The van der Waals surface area contributed by atoms with E-state index < -0.39 is 6.61 Å². The smallest absolute Gasteiger partial charge is 0.387 e. The van der Waals surface area contributed by atoms with Gasteiger partial charge in [-0.05, 0) is 37.3 Å². The number of benzene rings is 1. The summed E-state index contributed by atoms with van der Waals surface area (Å²) in [6, 6.07) is 10.5. The van der Waals surface area contributed by atoms with Crippen LogP contribution in [0.4, 0.5) is 8.78 Å². The number of para-hydroxylation sites is 1. The van der Waals surface area contributed by atoms with Gasteiger partial charge in [0.1, 0.15) is 11.9 Å². The molecule has 1 saturated carbocycles. The number of pyridine rings is 1. The molecule has 0 spiro atoms. The van der Waals surface area contributed by atoms with Gasteiger partial charge in [0.05, 0.1) is 0 Å². The second kappa shape index (κ2) is 10.6.